The van der Waals surface area contributed by atoms with Crippen LogP contribution in [0.4, 0.5) is 5.82 Å². The van der Waals surface area contributed by atoms with Crippen molar-refractivity contribution in [2.75, 3.05) is 11.9 Å². The molecule has 28 heavy (non-hydrogen) atoms. The number of fused-ring (bicyclic) bond motifs is 2. The van der Waals surface area contributed by atoms with E-state index in [2.05, 4.69) is 67.1 Å². The number of hydrogen-bond donors (Lipinski definition) is 1. The van der Waals surface area contributed by atoms with Gasteiger partial charge in [0.15, 0.2) is 11.5 Å². The summed E-state index contributed by atoms with van der Waals surface area (Å²) < 4.78 is 2.10. The molecular weight excluding hydrogens is 346 g/mol. The van der Waals surface area contributed by atoms with Crippen LogP contribution in [0.1, 0.15) is 5.69 Å². The second-order valence-electron chi connectivity index (χ2n) is 6.64. The van der Waals surface area contributed by atoms with Crippen LogP contribution in [-0.2, 0) is 6.42 Å². The highest BCUT2D eigenvalue weighted by atomic mass is 15.1. The zero-order valence-electron chi connectivity index (χ0n) is 15.3. The average molecular weight is 365 g/mol. The van der Waals surface area contributed by atoms with E-state index in [1.54, 1.807) is 0 Å². The van der Waals surface area contributed by atoms with Crippen molar-refractivity contribution in [3.63, 3.8) is 0 Å². The van der Waals surface area contributed by atoms with E-state index in [0.29, 0.717) is 0 Å². The van der Waals surface area contributed by atoms with Crippen LogP contribution in [-0.4, -0.2) is 25.9 Å². The molecule has 1 N–H and O–H groups in total. The third-order valence-electron chi connectivity index (χ3n) is 4.89. The van der Waals surface area contributed by atoms with E-state index in [1.165, 1.54) is 10.8 Å². The third-order valence-corrected chi connectivity index (χ3v) is 4.89. The van der Waals surface area contributed by atoms with Gasteiger partial charge >= 0.3 is 0 Å². The van der Waals surface area contributed by atoms with Gasteiger partial charge in [-0.15, -0.1) is 0 Å². The molecule has 0 aliphatic heterocycles. The summed E-state index contributed by atoms with van der Waals surface area (Å²) in [6, 6.07) is 20.7. The summed E-state index contributed by atoms with van der Waals surface area (Å²) in [5.41, 5.74) is 4.10. The van der Waals surface area contributed by atoms with Gasteiger partial charge in [-0.3, -0.25) is 9.38 Å². The highest BCUT2D eigenvalue weighted by Crippen LogP contribution is 2.30. The molecule has 0 amide bonds. The number of nitrogens with zero attached hydrogens (tertiary/aromatic N) is 4. The number of imidazole rings is 1. The normalized spacial score (nSPS) is 11.1. The second-order valence-corrected chi connectivity index (χ2v) is 6.64. The Bertz CT molecular complexity index is 1240. The van der Waals surface area contributed by atoms with Gasteiger partial charge in [0.05, 0.1) is 11.9 Å². The van der Waals surface area contributed by atoms with Gasteiger partial charge in [0.25, 0.3) is 0 Å². The summed E-state index contributed by atoms with van der Waals surface area (Å²) in [7, 11) is 0. The molecule has 136 valence electrons. The molecule has 0 aliphatic rings. The lowest BCUT2D eigenvalue weighted by Crippen LogP contribution is -2.08. The average Bonchev–Trinajstić information content (AvgIpc) is 3.19. The lowest BCUT2D eigenvalue weighted by molar-refractivity contribution is 0.951. The Morgan fingerprint density at radius 3 is 2.64 bits per heavy atom. The number of aromatic nitrogens is 4. The van der Waals surface area contributed by atoms with Crippen molar-refractivity contribution in [2.24, 2.45) is 0 Å². The monoisotopic (exact) mass is 365 g/mol. The summed E-state index contributed by atoms with van der Waals surface area (Å²) in [4.78, 5) is 13.5. The molecule has 0 spiro atoms. The van der Waals surface area contributed by atoms with Crippen molar-refractivity contribution in [3.05, 3.63) is 91.1 Å². The largest absolute Gasteiger partial charge is 0.367 e. The number of hydrogen-bond acceptors (Lipinski definition) is 4. The molecule has 3 aromatic heterocycles. The van der Waals surface area contributed by atoms with Crippen molar-refractivity contribution in [2.45, 2.75) is 6.42 Å². The van der Waals surface area contributed by atoms with Gasteiger partial charge in [-0.25, -0.2) is 9.97 Å². The van der Waals surface area contributed by atoms with E-state index in [-0.39, 0.29) is 0 Å². The number of anilines is 1. The van der Waals surface area contributed by atoms with Gasteiger partial charge in [-0.05, 0) is 22.9 Å². The predicted molar refractivity (Wildman–Crippen MR) is 112 cm³/mol. The fourth-order valence-electron chi connectivity index (χ4n) is 3.55. The zero-order chi connectivity index (χ0) is 18.8. The van der Waals surface area contributed by atoms with Crippen molar-refractivity contribution >= 4 is 22.2 Å². The fraction of sp³-hybridized carbons (Fsp3) is 0.0870. The maximum absolute atomic E-state index is 4.65. The molecule has 3 heterocycles. The van der Waals surface area contributed by atoms with Crippen LogP contribution in [0.15, 0.2) is 85.5 Å². The third kappa shape index (κ3) is 2.97. The van der Waals surface area contributed by atoms with Crippen LogP contribution in [0.3, 0.4) is 0 Å². The molecular formula is C23H19N5. The number of pyridine rings is 1. The minimum atomic E-state index is 0.750. The summed E-state index contributed by atoms with van der Waals surface area (Å²) in [5, 5.41) is 5.84. The Balaban J connectivity index is 1.48. The van der Waals surface area contributed by atoms with Crippen molar-refractivity contribution in [1.82, 2.24) is 19.4 Å². The van der Waals surface area contributed by atoms with E-state index in [1.807, 2.05) is 43.0 Å². The molecule has 0 saturated heterocycles. The maximum Gasteiger partial charge on any atom is 0.180 e. The van der Waals surface area contributed by atoms with Crippen LogP contribution in [0, 0.1) is 0 Å². The Labute approximate surface area is 162 Å². The van der Waals surface area contributed by atoms with Crippen molar-refractivity contribution in [3.8, 4) is 11.3 Å². The highest BCUT2D eigenvalue weighted by Gasteiger charge is 2.12. The van der Waals surface area contributed by atoms with Gasteiger partial charge in [-0.1, -0.05) is 48.5 Å². The van der Waals surface area contributed by atoms with Gasteiger partial charge in [-0.2, -0.15) is 0 Å². The highest BCUT2D eigenvalue weighted by molar-refractivity contribution is 5.96. The minimum Gasteiger partial charge on any atom is -0.367 e. The lowest BCUT2D eigenvalue weighted by atomic mass is 10.0. The van der Waals surface area contributed by atoms with E-state index >= 15 is 0 Å². The summed E-state index contributed by atoms with van der Waals surface area (Å²) >= 11 is 0. The lowest BCUT2D eigenvalue weighted by Gasteiger charge is -2.09. The molecule has 5 nitrogen and oxygen atoms in total. The van der Waals surface area contributed by atoms with Crippen LogP contribution in [0.5, 0.6) is 0 Å². The summed E-state index contributed by atoms with van der Waals surface area (Å²) in [6.07, 6.45) is 8.35. The van der Waals surface area contributed by atoms with Crippen LogP contribution < -0.4 is 5.32 Å². The Hall–Kier alpha value is -3.73. The number of rotatable bonds is 5. The van der Waals surface area contributed by atoms with Crippen LogP contribution >= 0.6 is 0 Å². The van der Waals surface area contributed by atoms with Crippen molar-refractivity contribution < 1.29 is 0 Å². The number of benzene rings is 2. The Morgan fingerprint density at radius 1 is 0.821 bits per heavy atom. The van der Waals surface area contributed by atoms with E-state index in [4.69, 9.17) is 0 Å². The van der Waals surface area contributed by atoms with Gasteiger partial charge in [0, 0.05) is 42.8 Å². The molecule has 0 bridgehead atoms. The molecule has 0 atom stereocenters. The molecule has 0 radical (unpaired) electrons. The first-order valence-electron chi connectivity index (χ1n) is 9.34. The summed E-state index contributed by atoms with van der Waals surface area (Å²) in [6.45, 7) is 0.750. The first kappa shape index (κ1) is 16.4. The minimum absolute atomic E-state index is 0.750. The topological polar surface area (TPSA) is 55.1 Å². The van der Waals surface area contributed by atoms with Gasteiger partial charge in [0.1, 0.15) is 0 Å². The first-order chi connectivity index (χ1) is 13.9. The predicted octanol–water partition coefficient (Wildman–Crippen LogP) is 4.60. The van der Waals surface area contributed by atoms with Gasteiger partial charge < -0.3 is 5.32 Å². The molecule has 0 fully saturated rings. The first-order valence-corrected chi connectivity index (χ1v) is 9.34. The quantitative estimate of drug-likeness (QED) is 0.495. The van der Waals surface area contributed by atoms with Gasteiger partial charge in [0.2, 0.25) is 0 Å². The number of nitrogens with one attached hydrogen (secondary N) is 1. The van der Waals surface area contributed by atoms with Crippen molar-refractivity contribution in [1.29, 1.82) is 0 Å². The molecule has 2 aromatic carbocycles. The van der Waals surface area contributed by atoms with Crippen LogP contribution in [0.2, 0.25) is 0 Å². The molecule has 0 saturated carbocycles. The second kappa shape index (κ2) is 7.12. The standard InChI is InChI=1S/C23H19N5/c1-2-9-19-17(6-1)7-5-10-20(19)21-16-27-23-22(26-14-15-28(21)23)25-13-11-18-8-3-4-12-24-18/h1-10,12,14-16H,11,13H2,(H,25,26). The Morgan fingerprint density at radius 2 is 1.71 bits per heavy atom. The molecule has 5 rings (SSSR count). The fourth-order valence-corrected chi connectivity index (χ4v) is 3.55. The Kier molecular flexibility index (Phi) is 4.18. The molecule has 5 aromatic rings. The summed E-state index contributed by atoms with van der Waals surface area (Å²) in [5.74, 6) is 0.782. The SMILES string of the molecule is c1ccc(CCNc2nccn3c(-c4cccc5ccccc45)cnc23)nc1. The van der Waals surface area contributed by atoms with E-state index in [0.717, 1.165) is 41.4 Å². The maximum atomic E-state index is 4.65. The van der Waals surface area contributed by atoms with Crippen LogP contribution in [0.25, 0.3) is 27.7 Å². The van der Waals surface area contributed by atoms with E-state index in [9.17, 15) is 0 Å². The molecule has 0 aliphatic carbocycles. The van der Waals surface area contributed by atoms with E-state index < -0.39 is 0 Å². The molecule has 0 unspecified atom stereocenters. The molecule has 5 heteroatoms. The zero-order valence-corrected chi connectivity index (χ0v) is 15.3. The smallest absolute Gasteiger partial charge is 0.180 e.